The normalized spacial score (nSPS) is 18.2. The number of nitrogens with two attached hydrogens (primary N) is 2. The molecule has 0 radical (unpaired) electrons. The summed E-state index contributed by atoms with van der Waals surface area (Å²) >= 11 is 0. The van der Waals surface area contributed by atoms with Gasteiger partial charge in [0, 0.05) is 48.8 Å². The summed E-state index contributed by atoms with van der Waals surface area (Å²) in [6, 6.07) is 21.4. The molecule has 5 rings (SSSR count). The predicted molar refractivity (Wildman–Crippen MR) is 210 cm³/mol. The molecule has 2 fully saturated rings. The Morgan fingerprint density at radius 3 is 2.20 bits per heavy atom. The smallest absolute Gasteiger partial charge is 0.407 e. The molecule has 1 saturated carbocycles. The van der Waals surface area contributed by atoms with Crippen molar-refractivity contribution in [3.8, 4) is 11.1 Å². The largest absolute Gasteiger partial charge is 0.444 e. The van der Waals surface area contributed by atoms with E-state index in [1.807, 2.05) is 74.2 Å². The van der Waals surface area contributed by atoms with Gasteiger partial charge in [-0.05, 0) is 119 Å². The van der Waals surface area contributed by atoms with Crippen LogP contribution in [0, 0.1) is 11.8 Å². The van der Waals surface area contributed by atoms with Gasteiger partial charge >= 0.3 is 6.09 Å². The van der Waals surface area contributed by atoms with E-state index in [1.54, 1.807) is 24.3 Å². The first-order valence-electron chi connectivity index (χ1n) is 18.8. The number of hydrazone groups is 1. The second-order valence-electron chi connectivity index (χ2n) is 15.2. The number of hydrogen-bond acceptors (Lipinski definition) is 8. The van der Waals surface area contributed by atoms with Crippen LogP contribution in [0.2, 0.25) is 0 Å². The lowest BCUT2D eigenvalue weighted by Gasteiger charge is -2.29. The Bertz CT molecular complexity index is 1770. The number of amidine groups is 1. The van der Waals surface area contributed by atoms with E-state index in [0.717, 1.165) is 61.9 Å². The molecule has 8 N–H and O–H groups in total. The number of nitrogens with one attached hydrogen (secondary N) is 4. The van der Waals surface area contributed by atoms with Crippen molar-refractivity contribution in [1.29, 1.82) is 0 Å². The minimum atomic E-state index is -0.865. The van der Waals surface area contributed by atoms with Gasteiger partial charge in [-0.15, -0.1) is 5.10 Å². The van der Waals surface area contributed by atoms with Gasteiger partial charge < -0.3 is 31.3 Å². The van der Waals surface area contributed by atoms with Gasteiger partial charge in [0.1, 0.15) is 11.6 Å². The average molecular weight is 739 g/mol. The van der Waals surface area contributed by atoms with Crippen LogP contribution in [0.15, 0.2) is 77.9 Å². The fourth-order valence-corrected chi connectivity index (χ4v) is 7.00. The topological polar surface area (TPSA) is 193 Å². The first kappa shape index (κ1) is 39.8. The summed E-state index contributed by atoms with van der Waals surface area (Å²) in [6.07, 6.45) is 5.82. The van der Waals surface area contributed by atoms with Crippen molar-refractivity contribution in [1.82, 2.24) is 21.1 Å². The first-order valence-corrected chi connectivity index (χ1v) is 18.8. The highest BCUT2D eigenvalue weighted by atomic mass is 16.6. The Kier molecular flexibility index (Phi) is 13.7. The van der Waals surface area contributed by atoms with Crippen LogP contribution in [-0.4, -0.2) is 65.8 Å². The lowest BCUT2D eigenvalue weighted by atomic mass is 9.81. The van der Waals surface area contributed by atoms with E-state index in [0.29, 0.717) is 36.2 Å². The fourth-order valence-electron chi connectivity index (χ4n) is 7.00. The number of nitrogens with zero attached hydrogens (tertiary/aromatic N) is 2. The summed E-state index contributed by atoms with van der Waals surface area (Å²) in [5.41, 5.74) is 11.9. The molecule has 1 atom stereocenters. The third kappa shape index (κ3) is 11.3. The number of rotatable bonds is 12. The molecule has 1 aliphatic carbocycles. The van der Waals surface area contributed by atoms with E-state index >= 15 is 0 Å². The van der Waals surface area contributed by atoms with E-state index in [-0.39, 0.29) is 41.8 Å². The number of hydrogen-bond donors (Lipinski definition) is 6. The van der Waals surface area contributed by atoms with Gasteiger partial charge in [-0.3, -0.25) is 14.4 Å². The highest BCUT2D eigenvalue weighted by Gasteiger charge is 2.30. The summed E-state index contributed by atoms with van der Waals surface area (Å²) in [7, 11) is 0. The third-order valence-corrected chi connectivity index (χ3v) is 9.92. The zero-order valence-electron chi connectivity index (χ0n) is 31.5. The van der Waals surface area contributed by atoms with Gasteiger partial charge in [-0.1, -0.05) is 42.5 Å². The van der Waals surface area contributed by atoms with Crippen molar-refractivity contribution in [3.63, 3.8) is 0 Å². The van der Waals surface area contributed by atoms with E-state index < -0.39 is 17.7 Å². The van der Waals surface area contributed by atoms with Crippen molar-refractivity contribution in [2.24, 2.45) is 28.5 Å². The Morgan fingerprint density at radius 2 is 1.56 bits per heavy atom. The minimum Gasteiger partial charge on any atom is -0.444 e. The number of anilines is 1. The maximum atomic E-state index is 13.8. The van der Waals surface area contributed by atoms with E-state index in [1.165, 1.54) is 0 Å². The van der Waals surface area contributed by atoms with E-state index in [2.05, 4.69) is 26.6 Å². The molecule has 0 bridgehead atoms. The molecule has 54 heavy (non-hydrogen) atoms. The zero-order valence-corrected chi connectivity index (χ0v) is 31.5. The van der Waals surface area contributed by atoms with Crippen molar-refractivity contribution in [2.45, 2.75) is 83.8 Å². The quantitative estimate of drug-likeness (QED) is 0.0643. The summed E-state index contributed by atoms with van der Waals surface area (Å²) in [4.78, 5) is 55.0. The molecule has 0 unspecified atom stereocenters. The lowest BCUT2D eigenvalue weighted by molar-refractivity contribution is -0.130. The maximum Gasteiger partial charge on any atom is 0.407 e. The summed E-state index contributed by atoms with van der Waals surface area (Å²) in [5.74, 6) is 4.92. The van der Waals surface area contributed by atoms with Gasteiger partial charge in [0.25, 0.3) is 5.91 Å². The molecular formula is C41H54N8O5. The van der Waals surface area contributed by atoms with Gasteiger partial charge in [-0.25, -0.2) is 16.2 Å². The van der Waals surface area contributed by atoms with Crippen LogP contribution in [0.4, 0.5) is 10.5 Å². The van der Waals surface area contributed by atoms with Crippen molar-refractivity contribution in [2.75, 3.05) is 25.0 Å². The van der Waals surface area contributed by atoms with Crippen LogP contribution in [-0.2, 0) is 20.7 Å². The van der Waals surface area contributed by atoms with Crippen LogP contribution in [0.1, 0.15) is 87.2 Å². The SMILES string of the molecule is CC(C)(C)OC(=O)NCC1CCC(C(=O)N[C@@H](Cc2ccc(-c3ccccc3C(=O)N3CCCCC3)cc2)C(=O)Nc2ccc(/C(N)=N/NN)cc2)CC1. The molecule has 13 heteroatoms. The minimum absolute atomic E-state index is 0.0428. The Labute approximate surface area is 317 Å². The lowest BCUT2D eigenvalue weighted by Crippen LogP contribution is -2.48. The molecule has 1 saturated heterocycles. The standard InChI is InChI=1S/C41H54N8O5/c1-41(2,3)54-40(53)44-26-28-13-17-31(18-14-28)37(50)46-35(38(51)45-32-21-19-30(20-22-32)36(42)47-48-43)25-27-11-15-29(16-12-27)33-9-5-6-10-34(33)39(52)49-23-7-4-8-24-49/h5-6,9-12,15-16,19-22,28,31,35,48H,4,7-8,13-14,17-18,23-26,43H2,1-3H3,(H2,42,47)(H,44,53)(H,45,51)(H,46,50)/t28?,31?,35-/m0/s1. The molecule has 4 amide bonds. The van der Waals surface area contributed by atoms with Crippen molar-refractivity contribution >= 4 is 35.3 Å². The maximum absolute atomic E-state index is 13.8. The van der Waals surface area contributed by atoms with Crippen LogP contribution in [0.5, 0.6) is 0 Å². The average Bonchev–Trinajstić information content (AvgIpc) is 3.17. The second kappa shape index (κ2) is 18.6. The van der Waals surface area contributed by atoms with Gasteiger partial charge in [0.2, 0.25) is 11.8 Å². The molecule has 288 valence electrons. The highest BCUT2D eigenvalue weighted by molar-refractivity contribution is 6.01. The first-order chi connectivity index (χ1) is 25.9. The summed E-state index contributed by atoms with van der Waals surface area (Å²) < 4.78 is 5.35. The Hall–Kier alpha value is -5.43. The molecule has 1 aliphatic heterocycles. The van der Waals surface area contributed by atoms with E-state index in [4.69, 9.17) is 16.3 Å². The number of benzene rings is 3. The Morgan fingerprint density at radius 1 is 0.889 bits per heavy atom. The van der Waals surface area contributed by atoms with Gasteiger partial charge in [0.05, 0.1) is 0 Å². The van der Waals surface area contributed by atoms with Crippen molar-refractivity contribution in [3.05, 3.63) is 89.5 Å². The van der Waals surface area contributed by atoms with Crippen molar-refractivity contribution < 1.29 is 23.9 Å². The number of piperidine rings is 1. The number of carbonyl (C=O) groups excluding carboxylic acids is 4. The number of ether oxygens (including phenoxy) is 1. The number of alkyl carbamates (subject to hydrolysis) is 1. The Balaban J connectivity index is 1.27. The number of hydrazine groups is 1. The molecule has 13 nitrogen and oxygen atoms in total. The highest BCUT2D eigenvalue weighted by Crippen LogP contribution is 2.30. The molecule has 2 aliphatic rings. The molecule has 0 spiro atoms. The van der Waals surface area contributed by atoms with Crippen LogP contribution < -0.4 is 33.1 Å². The molecule has 0 aromatic heterocycles. The second-order valence-corrected chi connectivity index (χ2v) is 15.2. The molecule has 3 aromatic carbocycles. The van der Waals surface area contributed by atoms with Gasteiger partial charge in [-0.2, -0.15) is 0 Å². The van der Waals surface area contributed by atoms with E-state index in [9.17, 15) is 19.2 Å². The fraction of sp³-hybridized carbons (Fsp3) is 0.439. The number of amides is 4. The summed E-state index contributed by atoms with van der Waals surface area (Å²) in [6.45, 7) is 7.49. The zero-order chi connectivity index (χ0) is 38.7. The van der Waals surface area contributed by atoms with Crippen LogP contribution in [0.3, 0.4) is 0 Å². The molecule has 3 aromatic rings. The number of carbonyl (C=O) groups is 4. The van der Waals surface area contributed by atoms with Gasteiger partial charge in [0.15, 0.2) is 5.84 Å². The monoisotopic (exact) mass is 738 g/mol. The molecular weight excluding hydrogens is 685 g/mol. The summed E-state index contributed by atoms with van der Waals surface area (Å²) in [5, 5.41) is 12.6. The van der Waals surface area contributed by atoms with Crippen LogP contribution >= 0.6 is 0 Å². The number of likely N-dealkylation sites (tertiary alicyclic amines) is 1. The van der Waals surface area contributed by atoms with Crippen LogP contribution in [0.25, 0.3) is 11.1 Å². The molecule has 1 heterocycles. The predicted octanol–water partition coefficient (Wildman–Crippen LogP) is 5.06. The third-order valence-electron chi connectivity index (χ3n) is 9.92.